The van der Waals surface area contributed by atoms with Gasteiger partial charge in [0.2, 0.25) is 0 Å². The molecule has 1 amide bonds. The first-order chi connectivity index (χ1) is 10.7. The van der Waals surface area contributed by atoms with Crippen molar-refractivity contribution in [1.29, 1.82) is 0 Å². The van der Waals surface area contributed by atoms with Crippen LogP contribution in [-0.4, -0.2) is 16.8 Å². The van der Waals surface area contributed by atoms with E-state index in [1.807, 2.05) is 24.3 Å². The van der Waals surface area contributed by atoms with Gasteiger partial charge in [0.25, 0.3) is 5.91 Å². The zero-order valence-electron chi connectivity index (χ0n) is 11.4. The highest BCUT2D eigenvalue weighted by molar-refractivity contribution is 6.39. The highest BCUT2D eigenvalue weighted by atomic mass is 16.4. The van der Waals surface area contributed by atoms with E-state index in [1.54, 1.807) is 18.2 Å². The maximum Gasteiger partial charge on any atom is 0.258 e. The van der Waals surface area contributed by atoms with Crippen molar-refractivity contribution in [3.63, 3.8) is 0 Å². The number of nitrogens with zero attached hydrogens (tertiary/aromatic N) is 1. The normalized spacial score (nSPS) is 20.5. The Morgan fingerprint density at radius 3 is 2.59 bits per heavy atom. The molecule has 0 fully saturated rings. The number of hydrogen-bond acceptors (Lipinski definition) is 5. The number of para-hydroxylation sites is 1. The van der Waals surface area contributed by atoms with E-state index >= 15 is 0 Å². The molecule has 2 aromatic carbocycles. The largest absolute Gasteiger partial charge is 0.410 e. The van der Waals surface area contributed by atoms with Gasteiger partial charge < -0.3 is 21.6 Å². The number of carbonyl (C=O) groups is 1. The highest BCUT2D eigenvalue weighted by Crippen LogP contribution is 2.39. The maximum absolute atomic E-state index is 12.4. The molecule has 0 bridgehead atoms. The fourth-order valence-corrected chi connectivity index (χ4v) is 2.84. The molecule has 6 nitrogen and oxygen atoms in total. The van der Waals surface area contributed by atoms with Gasteiger partial charge in [-0.2, -0.15) is 0 Å². The third-order valence-electron chi connectivity index (χ3n) is 3.82. The number of benzene rings is 2. The van der Waals surface area contributed by atoms with Gasteiger partial charge in [-0.3, -0.25) is 4.79 Å². The molecule has 2 aromatic rings. The van der Waals surface area contributed by atoms with Gasteiger partial charge in [0.1, 0.15) is 5.71 Å². The molecule has 0 spiro atoms. The number of nitrogens with two attached hydrogens (primary N) is 1. The van der Waals surface area contributed by atoms with Crippen molar-refractivity contribution in [1.82, 2.24) is 0 Å². The molecule has 2 heterocycles. The average Bonchev–Trinajstić information content (AvgIpc) is 3.03. The molecule has 4 rings (SSSR count). The van der Waals surface area contributed by atoms with Gasteiger partial charge in [-0.15, -0.1) is 0 Å². The van der Waals surface area contributed by atoms with Gasteiger partial charge in [0.05, 0.1) is 11.3 Å². The van der Waals surface area contributed by atoms with Crippen LogP contribution in [0, 0.1) is 0 Å². The first-order valence-corrected chi connectivity index (χ1v) is 6.73. The smallest absolute Gasteiger partial charge is 0.258 e. The lowest BCUT2D eigenvalue weighted by Crippen LogP contribution is -2.12. The number of rotatable bonds is 0. The Hall–Kier alpha value is -3.28. The van der Waals surface area contributed by atoms with Gasteiger partial charge in [-0.05, 0) is 24.3 Å². The van der Waals surface area contributed by atoms with E-state index < -0.39 is 0 Å². The second-order valence-corrected chi connectivity index (χ2v) is 5.13. The van der Waals surface area contributed by atoms with E-state index in [9.17, 15) is 10.0 Å². The fourth-order valence-electron chi connectivity index (χ4n) is 2.84. The third kappa shape index (κ3) is 1.61. The monoisotopic (exact) mass is 292 g/mol. The number of hydrogen-bond donors (Lipinski definition) is 4. The number of amides is 1. The summed E-state index contributed by atoms with van der Waals surface area (Å²) in [5, 5.41) is 18.7. The Kier molecular flexibility index (Phi) is 2.47. The fraction of sp³-hybridized carbons (Fsp3) is 0. The van der Waals surface area contributed by atoms with E-state index in [1.165, 1.54) is 0 Å². The molecule has 108 valence electrons. The first kappa shape index (κ1) is 12.5. The summed E-state index contributed by atoms with van der Waals surface area (Å²) < 4.78 is 0. The Labute approximate surface area is 125 Å². The predicted molar refractivity (Wildman–Crippen MR) is 84.8 cm³/mol. The molecule has 0 saturated carbocycles. The quantitative estimate of drug-likeness (QED) is 0.259. The Morgan fingerprint density at radius 1 is 1.00 bits per heavy atom. The van der Waals surface area contributed by atoms with E-state index in [4.69, 9.17) is 5.73 Å². The molecule has 6 heteroatoms. The lowest BCUT2D eigenvalue weighted by molar-refractivity contribution is -0.110. The molecular formula is C16H12N4O2. The van der Waals surface area contributed by atoms with E-state index in [0.29, 0.717) is 33.9 Å². The number of oxime groups is 1. The van der Waals surface area contributed by atoms with E-state index in [0.717, 1.165) is 11.3 Å². The van der Waals surface area contributed by atoms with Crippen molar-refractivity contribution in [2.75, 3.05) is 16.4 Å². The van der Waals surface area contributed by atoms with Gasteiger partial charge in [0, 0.05) is 28.2 Å². The van der Waals surface area contributed by atoms with Crippen LogP contribution in [-0.2, 0) is 4.79 Å². The van der Waals surface area contributed by atoms with Crippen molar-refractivity contribution >= 4 is 34.3 Å². The third-order valence-corrected chi connectivity index (χ3v) is 3.82. The maximum atomic E-state index is 12.4. The molecule has 2 aliphatic rings. The molecule has 0 radical (unpaired) electrons. The summed E-state index contributed by atoms with van der Waals surface area (Å²) in [5.41, 5.74) is 10.6. The zero-order valence-corrected chi connectivity index (χ0v) is 11.4. The minimum Gasteiger partial charge on any atom is -0.410 e. The first-order valence-electron chi connectivity index (χ1n) is 6.73. The van der Waals surface area contributed by atoms with Gasteiger partial charge in [-0.25, -0.2) is 0 Å². The number of carbonyl (C=O) groups excluding carboxylic acids is 1. The van der Waals surface area contributed by atoms with Crippen LogP contribution < -0.4 is 16.4 Å². The van der Waals surface area contributed by atoms with Crippen molar-refractivity contribution < 1.29 is 10.0 Å². The van der Waals surface area contributed by atoms with Crippen LogP contribution in [0.3, 0.4) is 0 Å². The second kappa shape index (κ2) is 4.36. The summed E-state index contributed by atoms with van der Waals surface area (Å²) >= 11 is 0. The van der Waals surface area contributed by atoms with Gasteiger partial charge in [-0.1, -0.05) is 23.4 Å². The zero-order chi connectivity index (χ0) is 15.3. The lowest BCUT2D eigenvalue weighted by atomic mass is 10.0. The molecular weight excluding hydrogens is 280 g/mol. The van der Waals surface area contributed by atoms with Crippen LogP contribution >= 0.6 is 0 Å². The van der Waals surface area contributed by atoms with Crippen molar-refractivity contribution in [3.8, 4) is 0 Å². The van der Waals surface area contributed by atoms with Crippen LogP contribution in [0.1, 0.15) is 11.1 Å². The van der Waals surface area contributed by atoms with Crippen LogP contribution in [0.5, 0.6) is 0 Å². The number of fused-ring (bicyclic) bond motifs is 2. The SMILES string of the molecule is Nc1ccc2c(c1)/C(=C1/Nc3ccccc3/C1=N\O)C(=O)N2. The molecule has 22 heavy (non-hydrogen) atoms. The van der Waals surface area contributed by atoms with Crippen LogP contribution in [0.4, 0.5) is 17.1 Å². The number of nitrogen functional groups attached to an aromatic ring is 1. The van der Waals surface area contributed by atoms with Crippen molar-refractivity contribution in [2.24, 2.45) is 5.16 Å². The summed E-state index contributed by atoms with van der Waals surface area (Å²) in [6.07, 6.45) is 0. The minimum atomic E-state index is -0.253. The van der Waals surface area contributed by atoms with Gasteiger partial charge >= 0.3 is 0 Å². The number of anilines is 3. The Morgan fingerprint density at radius 2 is 1.77 bits per heavy atom. The predicted octanol–water partition coefficient (Wildman–Crippen LogP) is 2.24. The second-order valence-electron chi connectivity index (χ2n) is 5.13. The number of nitrogens with one attached hydrogen (secondary N) is 2. The molecule has 0 aliphatic carbocycles. The summed E-state index contributed by atoms with van der Waals surface area (Å²) in [6.45, 7) is 0. The molecule has 0 unspecified atom stereocenters. The lowest BCUT2D eigenvalue weighted by Gasteiger charge is -2.05. The van der Waals surface area contributed by atoms with Crippen molar-refractivity contribution in [2.45, 2.75) is 0 Å². The Balaban J connectivity index is 1.97. The summed E-state index contributed by atoms with van der Waals surface area (Å²) in [6, 6.07) is 12.6. The van der Waals surface area contributed by atoms with Crippen molar-refractivity contribution in [3.05, 3.63) is 59.3 Å². The highest BCUT2D eigenvalue weighted by Gasteiger charge is 2.34. The van der Waals surface area contributed by atoms with E-state index in [-0.39, 0.29) is 5.91 Å². The summed E-state index contributed by atoms with van der Waals surface area (Å²) in [5.74, 6) is -0.253. The molecule has 0 atom stereocenters. The van der Waals surface area contributed by atoms with Crippen LogP contribution in [0.2, 0.25) is 0 Å². The van der Waals surface area contributed by atoms with E-state index in [2.05, 4.69) is 15.8 Å². The van der Waals surface area contributed by atoms with Crippen LogP contribution in [0.25, 0.3) is 5.57 Å². The topological polar surface area (TPSA) is 99.7 Å². The summed E-state index contributed by atoms with van der Waals surface area (Å²) in [7, 11) is 0. The minimum absolute atomic E-state index is 0.253. The molecule has 0 aromatic heterocycles. The van der Waals surface area contributed by atoms with Crippen LogP contribution in [0.15, 0.2) is 53.3 Å². The summed E-state index contributed by atoms with van der Waals surface area (Å²) in [4.78, 5) is 12.4. The van der Waals surface area contributed by atoms with Gasteiger partial charge in [0.15, 0.2) is 0 Å². The number of allylic oxidation sites excluding steroid dienone is 1. The standard InChI is InChI=1S/C16H12N4O2/c17-8-5-6-12-10(7-8)13(16(21)19-12)15-14(20-22)9-3-1-2-4-11(9)18-15/h1-7,18,22H,17H2,(H,19,21)/b15-13-,20-14+. The Bertz CT molecular complexity index is 883. The molecule has 2 aliphatic heterocycles. The average molecular weight is 292 g/mol. The molecule has 5 N–H and O–H groups in total. The molecule has 0 saturated heterocycles.